The smallest absolute Gasteiger partial charge is 0.227 e. The Hall–Kier alpha value is -2.87. The molecule has 1 saturated heterocycles. The van der Waals surface area contributed by atoms with E-state index in [4.69, 9.17) is 0 Å². The fraction of sp³-hybridized carbons (Fsp3) is 0.435. The fourth-order valence-corrected chi connectivity index (χ4v) is 4.30. The molecule has 0 radical (unpaired) electrons. The number of fused-ring (bicyclic) bond motifs is 1. The molecule has 5 heteroatoms. The summed E-state index contributed by atoms with van der Waals surface area (Å²) in [4.78, 5) is 21.4. The predicted octanol–water partition coefficient (Wildman–Crippen LogP) is 3.11. The highest BCUT2D eigenvalue weighted by molar-refractivity contribution is 5.79. The molecule has 4 rings (SSSR count). The summed E-state index contributed by atoms with van der Waals surface area (Å²) in [7, 11) is 0. The zero-order valence-electron chi connectivity index (χ0n) is 16.2. The SMILES string of the molecule is N#Cc1cccnc1N1CCCN(C(=O)Cc2ccc3c(c2)CCCC3)CC1. The maximum Gasteiger partial charge on any atom is 0.227 e. The van der Waals surface area contributed by atoms with Crippen LogP contribution in [-0.4, -0.2) is 42.0 Å². The summed E-state index contributed by atoms with van der Waals surface area (Å²) in [6.07, 6.45) is 7.92. The molecule has 1 aromatic carbocycles. The molecule has 2 aliphatic rings. The first kappa shape index (κ1) is 18.5. The quantitative estimate of drug-likeness (QED) is 0.828. The third kappa shape index (κ3) is 4.01. The maximum absolute atomic E-state index is 12.9. The average molecular weight is 374 g/mol. The van der Waals surface area contributed by atoms with Crippen molar-refractivity contribution < 1.29 is 4.79 Å². The Morgan fingerprint density at radius 2 is 1.89 bits per heavy atom. The van der Waals surface area contributed by atoms with Crippen molar-refractivity contribution in [2.24, 2.45) is 0 Å². The number of rotatable bonds is 3. The summed E-state index contributed by atoms with van der Waals surface area (Å²) in [6, 6.07) is 12.4. The molecule has 0 saturated carbocycles. The molecule has 28 heavy (non-hydrogen) atoms. The van der Waals surface area contributed by atoms with Crippen LogP contribution < -0.4 is 4.90 Å². The number of amides is 1. The lowest BCUT2D eigenvalue weighted by Gasteiger charge is -2.23. The third-order valence-corrected chi connectivity index (χ3v) is 5.82. The number of hydrogen-bond acceptors (Lipinski definition) is 4. The number of aryl methyl sites for hydroxylation is 2. The molecule has 2 heterocycles. The van der Waals surface area contributed by atoms with Gasteiger partial charge in [0.25, 0.3) is 0 Å². The topological polar surface area (TPSA) is 60.2 Å². The van der Waals surface area contributed by atoms with E-state index >= 15 is 0 Å². The van der Waals surface area contributed by atoms with Gasteiger partial charge in [0.2, 0.25) is 5.91 Å². The Labute approximate surface area is 166 Å². The predicted molar refractivity (Wildman–Crippen MR) is 109 cm³/mol. The molecular weight excluding hydrogens is 348 g/mol. The third-order valence-electron chi connectivity index (χ3n) is 5.82. The van der Waals surface area contributed by atoms with Crippen molar-refractivity contribution in [3.63, 3.8) is 0 Å². The largest absolute Gasteiger partial charge is 0.354 e. The molecule has 1 amide bonds. The number of anilines is 1. The lowest BCUT2D eigenvalue weighted by Crippen LogP contribution is -2.36. The molecule has 144 valence electrons. The van der Waals surface area contributed by atoms with Crippen molar-refractivity contribution in [3.8, 4) is 6.07 Å². The second kappa shape index (κ2) is 8.43. The summed E-state index contributed by atoms with van der Waals surface area (Å²) in [6.45, 7) is 2.95. The van der Waals surface area contributed by atoms with E-state index in [1.165, 1.54) is 30.4 Å². The van der Waals surface area contributed by atoms with Gasteiger partial charge in [0, 0.05) is 32.4 Å². The van der Waals surface area contributed by atoms with Crippen molar-refractivity contribution in [3.05, 3.63) is 58.8 Å². The summed E-state index contributed by atoms with van der Waals surface area (Å²) in [5, 5.41) is 9.33. The van der Waals surface area contributed by atoms with Crippen molar-refractivity contribution in [1.29, 1.82) is 5.26 Å². The molecule has 0 unspecified atom stereocenters. The van der Waals surface area contributed by atoms with Gasteiger partial charge in [-0.05, 0) is 60.9 Å². The van der Waals surface area contributed by atoms with Crippen LogP contribution in [0, 0.1) is 11.3 Å². The molecule has 0 spiro atoms. The summed E-state index contributed by atoms with van der Waals surface area (Å²) in [5.74, 6) is 0.924. The normalized spacial score (nSPS) is 16.8. The van der Waals surface area contributed by atoms with Gasteiger partial charge in [-0.1, -0.05) is 18.2 Å². The number of benzene rings is 1. The van der Waals surface area contributed by atoms with E-state index in [1.807, 2.05) is 4.90 Å². The first-order chi connectivity index (χ1) is 13.7. The number of pyridine rings is 1. The van der Waals surface area contributed by atoms with Gasteiger partial charge in [0.15, 0.2) is 0 Å². The number of aromatic nitrogens is 1. The summed E-state index contributed by atoms with van der Waals surface area (Å²) in [5.41, 5.74) is 4.61. The van der Waals surface area contributed by atoms with Crippen LogP contribution in [0.4, 0.5) is 5.82 Å². The van der Waals surface area contributed by atoms with E-state index in [0.29, 0.717) is 25.1 Å². The van der Waals surface area contributed by atoms with Crippen LogP contribution in [0.25, 0.3) is 0 Å². The van der Waals surface area contributed by atoms with E-state index in [9.17, 15) is 10.1 Å². The minimum Gasteiger partial charge on any atom is -0.354 e. The minimum absolute atomic E-state index is 0.194. The van der Waals surface area contributed by atoms with Gasteiger partial charge in [-0.3, -0.25) is 4.79 Å². The molecule has 1 aliphatic carbocycles. The molecular formula is C23H26N4O. The lowest BCUT2D eigenvalue weighted by molar-refractivity contribution is -0.130. The molecule has 0 atom stereocenters. The standard InChI is InChI=1S/C23H26N4O/c24-17-21-7-3-10-25-23(21)27-12-4-11-26(13-14-27)22(28)16-18-8-9-19-5-1-2-6-20(19)15-18/h3,7-10,15H,1-2,4-6,11-14,16H2. The number of hydrogen-bond donors (Lipinski definition) is 0. The Morgan fingerprint density at radius 1 is 1.04 bits per heavy atom. The molecule has 1 fully saturated rings. The summed E-state index contributed by atoms with van der Waals surface area (Å²) >= 11 is 0. The fourth-order valence-electron chi connectivity index (χ4n) is 4.30. The van der Waals surface area contributed by atoms with Crippen molar-refractivity contribution >= 4 is 11.7 Å². The van der Waals surface area contributed by atoms with Crippen LogP contribution in [-0.2, 0) is 24.1 Å². The number of nitriles is 1. The Kier molecular flexibility index (Phi) is 5.57. The second-order valence-corrected chi connectivity index (χ2v) is 7.69. The van der Waals surface area contributed by atoms with Crippen LogP contribution in [0.1, 0.15) is 41.5 Å². The Bertz CT molecular complexity index is 902. The highest BCUT2D eigenvalue weighted by atomic mass is 16.2. The van der Waals surface area contributed by atoms with Crippen LogP contribution in [0.2, 0.25) is 0 Å². The number of nitrogens with zero attached hydrogens (tertiary/aromatic N) is 4. The first-order valence-corrected chi connectivity index (χ1v) is 10.2. The Morgan fingerprint density at radius 3 is 2.75 bits per heavy atom. The van der Waals surface area contributed by atoms with Crippen LogP contribution in [0.5, 0.6) is 0 Å². The zero-order chi connectivity index (χ0) is 19.3. The average Bonchev–Trinajstić information content (AvgIpc) is 3.00. The zero-order valence-corrected chi connectivity index (χ0v) is 16.2. The maximum atomic E-state index is 12.9. The molecule has 0 N–H and O–H groups in total. The molecule has 5 nitrogen and oxygen atoms in total. The second-order valence-electron chi connectivity index (χ2n) is 7.69. The minimum atomic E-state index is 0.194. The molecule has 1 aliphatic heterocycles. The molecule has 0 bridgehead atoms. The van der Waals surface area contributed by atoms with Gasteiger partial charge in [0.1, 0.15) is 11.9 Å². The highest BCUT2D eigenvalue weighted by Crippen LogP contribution is 2.23. The van der Waals surface area contributed by atoms with Crippen LogP contribution >= 0.6 is 0 Å². The highest BCUT2D eigenvalue weighted by Gasteiger charge is 2.22. The van der Waals surface area contributed by atoms with Crippen LogP contribution in [0.3, 0.4) is 0 Å². The first-order valence-electron chi connectivity index (χ1n) is 10.2. The van der Waals surface area contributed by atoms with Crippen molar-refractivity contribution in [1.82, 2.24) is 9.88 Å². The van der Waals surface area contributed by atoms with Gasteiger partial charge in [-0.2, -0.15) is 5.26 Å². The van der Waals surface area contributed by atoms with E-state index in [0.717, 1.165) is 37.3 Å². The number of carbonyl (C=O) groups excluding carboxylic acids is 1. The van der Waals surface area contributed by atoms with E-state index < -0.39 is 0 Å². The molecule has 1 aromatic heterocycles. The van der Waals surface area contributed by atoms with Crippen LogP contribution in [0.15, 0.2) is 36.5 Å². The van der Waals surface area contributed by atoms with E-state index in [2.05, 4.69) is 34.2 Å². The summed E-state index contributed by atoms with van der Waals surface area (Å²) < 4.78 is 0. The van der Waals surface area contributed by atoms with E-state index in [-0.39, 0.29) is 5.91 Å². The van der Waals surface area contributed by atoms with Gasteiger partial charge < -0.3 is 9.80 Å². The van der Waals surface area contributed by atoms with Gasteiger partial charge >= 0.3 is 0 Å². The molecule has 2 aromatic rings. The van der Waals surface area contributed by atoms with Crippen molar-refractivity contribution in [2.75, 3.05) is 31.1 Å². The monoisotopic (exact) mass is 374 g/mol. The van der Waals surface area contributed by atoms with Gasteiger partial charge in [-0.25, -0.2) is 4.98 Å². The Balaban J connectivity index is 1.40. The van der Waals surface area contributed by atoms with Crippen molar-refractivity contribution in [2.45, 2.75) is 38.5 Å². The van der Waals surface area contributed by atoms with Gasteiger partial charge in [0.05, 0.1) is 12.0 Å². The lowest BCUT2D eigenvalue weighted by atomic mass is 9.90. The van der Waals surface area contributed by atoms with Gasteiger partial charge in [-0.15, -0.1) is 0 Å². The van der Waals surface area contributed by atoms with E-state index in [1.54, 1.807) is 18.3 Å². The number of carbonyl (C=O) groups is 1.